The van der Waals surface area contributed by atoms with Gasteiger partial charge in [0.2, 0.25) is 5.75 Å². The van der Waals surface area contributed by atoms with Crippen LogP contribution in [0.1, 0.15) is 5.56 Å². The third-order valence-corrected chi connectivity index (χ3v) is 5.02. The number of methoxy groups -OCH3 is 4. The molecule has 0 bridgehead atoms. The average molecular weight is 401 g/mol. The van der Waals surface area contributed by atoms with Gasteiger partial charge in [-0.1, -0.05) is 0 Å². The van der Waals surface area contributed by atoms with Crippen LogP contribution in [-0.4, -0.2) is 39.6 Å². The van der Waals surface area contributed by atoms with Crippen LogP contribution in [0.15, 0.2) is 41.3 Å². The lowest BCUT2D eigenvalue weighted by Crippen LogP contribution is -2.27. The minimum absolute atomic E-state index is 0.284. The van der Waals surface area contributed by atoms with E-state index in [0.717, 1.165) is 16.7 Å². The van der Waals surface area contributed by atoms with E-state index in [1.165, 1.54) is 21.3 Å². The van der Waals surface area contributed by atoms with Crippen LogP contribution < -0.4 is 23.8 Å². The molecule has 0 aromatic heterocycles. The van der Waals surface area contributed by atoms with Gasteiger partial charge in [-0.2, -0.15) is 0 Å². The zero-order valence-electron chi connectivity index (χ0n) is 15.8. The van der Waals surface area contributed by atoms with Crippen molar-refractivity contribution in [3.05, 3.63) is 46.9 Å². The number of hydrogen-bond acceptors (Lipinski definition) is 7. The van der Waals surface area contributed by atoms with E-state index in [2.05, 4.69) is 0 Å². The highest BCUT2D eigenvalue weighted by Gasteiger charge is 2.36. The Morgan fingerprint density at radius 2 is 1.50 bits per heavy atom. The zero-order chi connectivity index (χ0) is 20.3. The summed E-state index contributed by atoms with van der Waals surface area (Å²) in [6.07, 6.45) is 1.61. The van der Waals surface area contributed by atoms with Crippen LogP contribution in [0.2, 0.25) is 0 Å². The molecule has 0 saturated carbocycles. The van der Waals surface area contributed by atoms with Crippen LogP contribution in [-0.2, 0) is 4.79 Å². The number of benzene rings is 2. The van der Waals surface area contributed by atoms with E-state index in [0.29, 0.717) is 34.2 Å². The largest absolute Gasteiger partial charge is 0.497 e. The Morgan fingerprint density at radius 1 is 0.821 bits per heavy atom. The first-order valence-corrected chi connectivity index (χ1v) is 9.06. The van der Waals surface area contributed by atoms with Gasteiger partial charge in [0.05, 0.1) is 39.0 Å². The molecule has 2 aromatic rings. The van der Waals surface area contributed by atoms with Crippen LogP contribution in [0.5, 0.6) is 23.0 Å². The lowest BCUT2D eigenvalue weighted by atomic mass is 10.1. The summed E-state index contributed by atoms with van der Waals surface area (Å²) < 4.78 is 21.2. The molecular formula is C20H19NO6S. The summed E-state index contributed by atoms with van der Waals surface area (Å²) in [6.45, 7) is 0. The number of carbonyl (C=O) groups excluding carboxylic acids is 2. The van der Waals surface area contributed by atoms with Crippen LogP contribution in [0.3, 0.4) is 0 Å². The smallest absolute Gasteiger partial charge is 0.298 e. The van der Waals surface area contributed by atoms with Crippen LogP contribution in [0.25, 0.3) is 6.08 Å². The van der Waals surface area contributed by atoms with Crippen LogP contribution in [0, 0.1) is 0 Å². The molecule has 0 unspecified atom stereocenters. The summed E-state index contributed by atoms with van der Waals surface area (Å²) >= 11 is 0.864. The molecular weight excluding hydrogens is 382 g/mol. The maximum atomic E-state index is 12.8. The maximum absolute atomic E-state index is 12.8. The number of anilines is 1. The number of ether oxygens (including phenoxy) is 4. The van der Waals surface area contributed by atoms with Gasteiger partial charge < -0.3 is 18.9 Å². The van der Waals surface area contributed by atoms with Gasteiger partial charge in [0, 0.05) is 5.56 Å². The Labute approximate surface area is 166 Å². The molecule has 1 fully saturated rings. The predicted molar refractivity (Wildman–Crippen MR) is 108 cm³/mol. The van der Waals surface area contributed by atoms with Gasteiger partial charge in [0.15, 0.2) is 11.5 Å². The monoisotopic (exact) mass is 401 g/mol. The van der Waals surface area contributed by atoms with E-state index in [-0.39, 0.29) is 10.1 Å². The minimum Gasteiger partial charge on any atom is -0.497 e. The van der Waals surface area contributed by atoms with E-state index in [1.807, 2.05) is 0 Å². The first-order valence-electron chi connectivity index (χ1n) is 8.25. The summed E-state index contributed by atoms with van der Waals surface area (Å²) in [5.74, 6) is 1.56. The highest BCUT2D eigenvalue weighted by Crippen LogP contribution is 2.43. The Hall–Kier alpha value is -3.13. The Balaban J connectivity index is 1.97. The van der Waals surface area contributed by atoms with Crippen molar-refractivity contribution >= 4 is 34.7 Å². The van der Waals surface area contributed by atoms with E-state index in [1.54, 1.807) is 49.6 Å². The Kier molecular flexibility index (Phi) is 5.79. The number of carbonyl (C=O) groups is 2. The zero-order valence-corrected chi connectivity index (χ0v) is 16.7. The van der Waals surface area contributed by atoms with Crippen molar-refractivity contribution in [3.8, 4) is 23.0 Å². The maximum Gasteiger partial charge on any atom is 0.298 e. The SMILES string of the molecule is COc1ccc(N2C(=O)S/C(=C\c3ccc(OC)c(OC)c3OC)C2=O)cc1. The molecule has 1 aliphatic heterocycles. The molecule has 1 aliphatic rings. The third-order valence-electron chi connectivity index (χ3n) is 4.15. The van der Waals surface area contributed by atoms with E-state index < -0.39 is 5.91 Å². The Morgan fingerprint density at radius 3 is 2.07 bits per heavy atom. The number of hydrogen-bond donors (Lipinski definition) is 0. The average Bonchev–Trinajstić information content (AvgIpc) is 3.00. The highest BCUT2D eigenvalue weighted by molar-refractivity contribution is 8.19. The summed E-state index contributed by atoms with van der Waals surface area (Å²) in [6, 6.07) is 10.2. The molecule has 8 heteroatoms. The molecule has 3 rings (SSSR count). The lowest BCUT2D eigenvalue weighted by Gasteiger charge is -2.14. The van der Waals surface area contributed by atoms with Gasteiger partial charge in [-0.05, 0) is 54.2 Å². The number of nitrogens with zero attached hydrogens (tertiary/aromatic N) is 1. The Bertz CT molecular complexity index is 938. The van der Waals surface area contributed by atoms with Crippen LogP contribution in [0.4, 0.5) is 10.5 Å². The fourth-order valence-corrected chi connectivity index (χ4v) is 3.63. The summed E-state index contributed by atoms with van der Waals surface area (Å²) in [5, 5.41) is -0.374. The molecule has 0 spiro atoms. The quantitative estimate of drug-likeness (QED) is 0.678. The highest BCUT2D eigenvalue weighted by atomic mass is 32.2. The topological polar surface area (TPSA) is 74.3 Å². The third kappa shape index (κ3) is 3.50. The molecule has 7 nitrogen and oxygen atoms in total. The second-order valence-electron chi connectivity index (χ2n) is 5.64. The van der Waals surface area contributed by atoms with Gasteiger partial charge in [-0.3, -0.25) is 9.59 Å². The number of rotatable bonds is 6. The van der Waals surface area contributed by atoms with Gasteiger partial charge >= 0.3 is 0 Å². The summed E-state index contributed by atoms with van der Waals surface area (Å²) in [4.78, 5) is 26.7. The summed E-state index contributed by atoms with van der Waals surface area (Å²) in [5.41, 5.74) is 1.08. The predicted octanol–water partition coefficient (Wildman–Crippen LogP) is 3.96. The fraction of sp³-hybridized carbons (Fsp3) is 0.200. The van der Waals surface area contributed by atoms with E-state index >= 15 is 0 Å². The van der Waals surface area contributed by atoms with Crippen molar-refractivity contribution in [1.29, 1.82) is 0 Å². The number of thioether (sulfide) groups is 1. The first-order chi connectivity index (χ1) is 13.5. The standard InChI is InChI=1S/C20H19NO6S/c1-24-14-8-6-13(7-9-14)21-19(22)16(28-20(21)23)11-12-5-10-15(25-2)18(27-4)17(12)26-3/h5-11H,1-4H3/b16-11-. The van der Waals surface area contributed by atoms with Crippen molar-refractivity contribution in [1.82, 2.24) is 0 Å². The van der Waals surface area contributed by atoms with Crippen molar-refractivity contribution in [2.45, 2.75) is 0 Å². The first kappa shape index (κ1) is 19.6. The van der Waals surface area contributed by atoms with E-state index in [9.17, 15) is 9.59 Å². The summed E-state index contributed by atoms with van der Waals surface area (Å²) in [7, 11) is 6.07. The molecule has 1 heterocycles. The molecule has 1 saturated heterocycles. The lowest BCUT2D eigenvalue weighted by molar-refractivity contribution is -0.113. The molecule has 28 heavy (non-hydrogen) atoms. The van der Waals surface area contributed by atoms with Gasteiger partial charge in [0.1, 0.15) is 5.75 Å². The van der Waals surface area contributed by atoms with E-state index in [4.69, 9.17) is 18.9 Å². The van der Waals surface area contributed by atoms with Gasteiger partial charge in [-0.25, -0.2) is 4.90 Å². The molecule has 0 radical (unpaired) electrons. The minimum atomic E-state index is -0.406. The van der Waals surface area contributed by atoms with Crippen molar-refractivity contribution < 1.29 is 28.5 Å². The van der Waals surface area contributed by atoms with Crippen LogP contribution >= 0.6 is 11.8 Å². The molecule has 0 N–H and O–H groups in total. The normalized spacial score (nSPS) is 15.1. The van der Waals surface area contributed by atoms with Crippen molar-refractivity contribution in [3.63, 3.8) is 0 Å². The second-order valence-corrected chi connectivity index (χ2v) is 6.63. The van der Waals surface area contributed by atoms with Crippen molar-refractivity contribution in [2.24, 2.45) is 0 Å². The molecule has 0 atom stereocenters. The molecule has 2 amide bonds. The molecule has 146 valence electrons. The molecule has 2 aromatic carbocycles. The van der Waals surface area contributed by atoms with Crippen molar-refractivity contribution in [2.75, 3.05) is 33.3 Å². The fourth-order valence-electron chi connectivity index (χ4n) is 2.80. The van der Waals surface area contributed by atoms with Gasteiger partial charge in [-0.15, -0.1) is 0 Å². The van der Waals surface area contributed by atoms with Gasteiger partial charge in [0.25, 0.3) is 11.1 Å². The number of imide groups is 1. The second kappa shape index (κ2) is 8.26. The molecule has 0 aliphatic carbocycles. The number of amides is 2.